The summed E-state index contributed by atoms with van der Waals surface area (Å²) in [5.74, 6) is -0.0350. The molecule has 1 rings (SSSR count). The molecule has 1 aromatic rings. The number of methoxy groups -OCH3 is 1. The predicted octanol–water partition coefficient (Wildman–Crippen LogP) is 2.63. The highest BCUT2D eigenvalue weighted by atomic mass is 16.5. The maximum Gasteiger partial charge on any atom is 0.190 e. The Labute approximate surface area is 90.6 Å². The van der Waals surface area contributed by atoms with Crippen LogP contribution in [-0.2, 0) is 11.2 Å². The standard InChI is InChI=1S/C13H16O2/c1-4-11-6-5-7-12(8-11)13(14)10(2)9-15-3/h5-8H,2,4,9H2,1,3H3. The Balaban J connectivity index is 2.86. The summed E-state index contributed by atoms with van der Waals surface area (Å²) in [6, 6.07) is 7.62. The molecular weight excluding hydrogens is 188 g/mol. The maximum atomic E-state index is 11.8. The van der Waals surface area contributed by atoms with Crippen molar-refractivity contribution in [1.29, 1.82) is 0 Å². The predicted molar refractivity (Wildman–Crippen MR) is 61.2 cm³/mol. The van der Waals surface area contributed by atoms with Crippen molar-refractivity contribution in [2.75, 3.05) is 13.7 Å². The summed E-state index contributed by atoms with van der Waals surface area (Å²) in [4.78, 5) is 11.8. The largest absolute Gasteiger partial charge is 0.380 e. The zero-order valence-electron chi connectivity index (χ0n) is 9.25. The van der Waals surface area contributed by atoms with Gasteiger partial charge in [0.1, 0.15) is 0 Å². The van der Waals surface area contributed by atoms with Crippen LogP contribution in [0, 0.1) is 0 Å². The molecule has 0 spiro atoms. The van der Waals surface area contributed by atoms with E-state index in [0.29, 0.717) is 11.1 Å². The highest BCUT2D eigenvalue weighted by molar-refractivity contribution is 6.08. The summed E-state index contributed by atoms with van der Waals surface area (Å²) >= 11 is 0. The number of ketones is 1. The molecule has 0 aliphatic carbocycles. The van der Waals surface area contributed by atoms with Crippen LogP contribution < -0.4 is 0 Å². The fourth-order valence-corrected chi connectivity index (χ4v) is 1.38. The van der Waals surface area contributed by atoms with E-state index in [1.807, 2.05) is 24.3 Å². The lowest BCUT2D eigenvalue weighted by molar-refractivity contribution is 0.101. The molecule has 0 radical (unpaired) electrons. The van der Waals surface area contributed by atoms with Crippen molar-refractivity contribution in [2.45, 2.75) is 13.3 Å². The van der Waals surface area contributed by atoms with Crippen LogP contribution in [0.25, 0.3) is 0 Å². The summed E-state index contributed by atoms with van der Waals surface area (Å²) in [6.45, 7) is 6.05. The minimum Gasteiger partial charge on any atom is -0.380 e. The Bertz CT molecular complexity index is 367. The van der Waals surface area contributed by atoms with E-state index < -0.39 is 0 Å². The van der Waals surface area contributed by atoms with E-state index in [0.717, 1.165) is 12.0 Å². The molecule has 0 N–H and O–H groups in total. The van der Waals surface area contributed by atoms with E-state index in [-0.39, 0.29) is 12.4 Å². The second-order valence-corrected chi connectivity index (χ2v) is 3.42. The number of aryl methyl sites for hydroxylation is 1. The van der Waals surface area contributed by atoms with Gasteiger partial charge >= 0.3 is 0 Å². The smallest absolute Gasteiger partial charge is 0.190 e. The molecule has 0 bridgehead atoms. The molecule has 0 saturated heterocycles. The topological polar surface area (TPSA) is 26.3 Å². The molecule has 2 heteroatoms. The SMILES string of the molecule is C=C(COC)C(=O)c1cccc(CC)c1. The zero-order chi connectivity index (χ0) is 11.3. The van der Waals surface area contributed by atoms with Crippen LogP contribution in [0.3, 0.4) is 0 Å². The van der Waals surface area contributed by atoms with Gasteiger partial charge in [0.25, 0.3) is 0 Å². The number of rotatable bonds is 5. The van der Waals surface area contributed by atoms with Crippen LogP contribution in [0.5, 0.6) is 0 Å². The van der Waals surface area contributed by atoms with Gasteiger partial charge < -0.3 is 4.74 Å². The second-order valence-electron chi connectivity index (χ2n) is 3.42. The molecule has 0 saturated carbocycles. The minimum absolute atomic E-state index is 0.0350. The molecule has 0 aliphatic rings. The third-order valence-corrected chi connectivity index (χ3v) is 2.24. The first-order valence-corrected chi connectivity index (χ1v) is 4.99. The van der Waals surface area contributed by atoms with Gasteiger partial charge in [-0.2, -0.15) is 0 Å². The first-order valence-electron chi connectivity index (χ1n) is 4.99. The summed E-state index contributed by atoms with van der Waals surface area (Å²) in [7, 11) is 1.56. The third-order valence-electron chi connectivity index (χ3n) is 2.24. The van der Waals surface area contributed by atoms with Gasteiger partial charge in [-0.05, 0) is 18.1 Å². The normalized spacial score (nSPS) is 10.0. The lowest BCUT2D eigenvalue weighted by atomic mass is 10.0. The Morgan fingerprint density at radius 2 is 2.20 bits per heavy atom. The van der Waals surface area contributed by atoms with E-state index in [4.69, 9.17) is 4.74 Å². The van der Waals surface area contributed by atoms with E-state index in [1.165, 1.54) is 0 Å². The molecule has 0 unspecified atom stereocenters. The first kappa shape index (κ1) is 11.7. The van der Waals surface area contributed by atoms with Crippen LogP contribution in [-0.4, -0.2) is 19.5 Å². The molecule has 1 aromatic carbocycles. The fraction of sp³-hybridized carbons (Fsp3) is 0.308. The number of benzene rings is 1. The van der Waals surface area contributed by atoms with E-state index in [1.54, 1.807) is 7.11 Å². The molecule has 15 heavy (non-hydrogen) atoms. The highest BCUT2D eigenvalue weighted by Gasteiger charge is 2.09. The minimum atomic E-state index is -0.0350. The van der Waals surface area contributed by atoms with E-state index >= 15 is 0 Å². The fourth-order valence-electron chi connectivity index (χ4n) is 1.38. The monoisotopic (exact) mass is 204 g/mol. The number of ether oxygens (including phenoxy) is 1. The number of hydrogen-bond donors (Lipinski definition) is 0. The number of hydrogen-bond acceptors (Lipinski definition) is 2. The molecule has 0 heterocycles. The van der Waals surface area contributed by atoms with Crippen molar-refractivity contribution in [3.8, 4) is 0 Å². The summed E-state index contributed by atoms with van der Waals surface area (Å²) in [5.41, 5.74) is 2.34. The molecule has 0 fully saturated rings. The Morgan fingerprint density at radius 3 is 2.80 bits per heavy atom. The first-order chi connectivity index (χ1) is 7.19. The molecule has 80 valence electrons. The lowest BCUT2D eigenvalue weighted by Crippen LogP contribution is -2.07. The quantitative estimate of drug-likeness (QED) is 0.544. The van der Waals surface area contributed by atoms with Crippen molar-refractivity contribution in [1.82, 2.24) is 0 Å². The summed E-state index contributed by atoms with van der Waals surface area (Å²) in [6.07, 6.45) is 0.928. The number of carbonyl (C=O) groups excluding carboxylic acids is 1. The van der Waals surface area contributed by atoms with Crippen LogP contribution in [0.2, 0.25) is 0 Å². The lowest BCUT2D eigenvalue weighted by Gasteiger charge is -2.05. The van der Waals surface area contributed by atoms with Crippen LogP contribution in [0.4, 0.5) is 0 Å². The Kier molecular flexibility index (Phi) is 4.25. The van der Waals surface area contributed by atoms with Gasteiger partial charge in [0.05, 0.1) is 6.61 Å². The van der Waals surface area contributed by atoms with Crippen LogP contribution in [0.1, 0.15) is 22.8 Å². The van der Waals surface area contributed by atoms with Crippen molar-refractivity contribution in [3.63, 3.8) is 0 Å². The summed E-state index contributed by atoms with van der Waals surface area (Å²) < 4.78 is 4.88. The Morgan fingerprint density at radius 1 is 1.47 bits per heavy atom. The van der Waals surface area contributed by atoms with Gasteiger partial charge in [-0.3, -0.25) is 4.79 Å². The molecule has 0 aromatic heterocycles. The van der Waals surface area contributed by atoms with Gasteiger partial charge in [0.15, 0.2) is 5.78 Å². The van der Waals surface area contributed by atoms with Crippen molar-refractivity contribution >= 4 is 5.78 Å². The zero-order valence-corrected chi connectivity index (χ0v) is 9.25. The highest BCUT2D eigenvalue weighted by Crippen LogP contribution is 2.10. The molecule has 2 nitrogen and oxygen atoms in total. The number of Topliss-reactive ketones (excluding diaryl/α,β-unsaturated/α-hetero) is 1. The number of carbonyl (C=O) groups is 1. The second kappa shape index (κ2) is 5.47. The van der Waals surface area contributed by atoms with Gasteiger partial charge in [0, 0.05) is 18.2 Å². The average Bonchev–Trinajstić information content (AvgIpc) is 2.28. The molecule has 0 atom stereocenters. The van der Waals surface area contributed by atoms with E-state index in [9.17, 15) is 4.79 Å². The maximum absolute atomic E-state index is 11.8. The van der Waals surface area contributed by atoms with Crippen molar-refractivity contribution in [3.05, 3.63) is 47.5 Å². The summed E-state index contributed by atoms with van der Waals surface area (Å²) in [5, 5.41) is 0. The van der Waals surface area contributed by atoms with E-state index in [2.05, 4.69) is 13.5 Å². The van der Waals surface area contributed by atoms with Crippen LogP contribution >= 0.6 is 0 Å². The van der Waals surface area contributed by atoms with Crippen LogP contribution in [0.15, 0.2) is 36.4 Å². The van der Waals surface area contributed by atoms with Gasteiger partial charge in [-0.25, -0.2) is 0 Å². The molecule has 0 aliphatic heterocycles. The van der Waals surface area contributed by atoms with Crippen molar-refractivity contribution < 1.29 is 9.53 Å². The van der Waals surface area contributed by atoms with Gasteiger partial charge in [-0.15, -0.1) is 0 Å². The van der Waals surface area contributed by atoms with Gasteiger partial charge in [-0.1, -0.05) is 31.7 Å². The molecule has 0 amide bonds. The van der Waals surface area contributed by atoms with Crippen molar-refractivity contribution in [2.24, 2.45) is 0 Å². The molecular formula is C13H16O2. The third kappa shape index (κ3) is 3.03. The Hall–Kier alpha value is -1.41. The van der Waals surface area contributed by atoms with Gasteiger partial charge in [0.2, 0.25) is 0 Å². The average molecular weight is 204 g/mol.